The summed E-state index contributed by atoms with van der Waals surface area (Å²) in [5.41, 5.74) is 3.28. The predicted octanol–water partition coefficient (Wildman–Crippen LogP) is 3.73. The van der Waals surface area contributed by atoms with Gasteiger partial charge in [-0.05, 0) is 43.5 Å². The smallest absolute Gasteiger partial charge is 0.0227 e. The van der Waals surface area contributed by atoms with Crippen LogP contribution in [0.1, 0.15) is 38.3 Å². The van der Waals surface area contributed by atoms with Gasteiger partial charge in [0.25, 0.3) is 0 Å². The Morgan fingerprint density at radius 3 is 1.88 bits per heavy atom. The number of aryl methyl sites for hydroxylation is 1. The quantitative estimate of drug-likeness (QED) is 0.746. The summed E-state index contributed by atoms with van der Waals surface area (Å²) in [4.78, 5) is 2.20. The molecule has 1 rings (SSSR count). The first-order valence-corrected chi connectivity index (χ1v) is 6.09. The first kappa shape index (κ1) is 13.2. The lowest BCUT2D eigenvalue weighted by Gasteiger charge is -2.18. The second kappa shape index (κ2) is 5.49. The average Bonchev–Trinajstić information content (AvgIpc) is 2.14. The fraction of sp³-hybridized carbons (Fsp3) is 0.600. The predicted molar refractivity (Wildman–Crippen MR) is 71.6 cm³/mol. The van der Waals surface area contributed by atoms with Crippen LogP contribution in [0.25, 0.3) is 0 Å². The lowest BCUT2D eigenvalue weighted by Crippen LogP contribution is -2.10. The van der Waals surface area contributed by atoms with Gasteiger partial charge in [0.1, 0.15) is 0 Å². The van der Waals surface area contributed by atoms with Gasteiger partial charge in [0.05, 0.1) is 0 Å². The molecule has 0 unspecified atom stereocenters. The van der Waals surface area contributed by atoms with Gasteiger partial charge in [-0.2, -0.15) is 0 Å². The summed E-state index contributed by atoms with van der Waals surface area (Å²) in [6.07, 6.45) is 2.44. The van der Waals surface area contributed by atoms with Crippen LogP contribution >= 0.6 is 0 Å². The van der Waals surface area contributed by atoms with E-state index < -0.39 is 0 Å². The van der Waals surface area contributed by atoms with E-state index in [-0.39, 0.29) is 0 Å². The third-order valence-electron chi connectivity index (χ3n) is 2.69. The van der Waals surface area contributed by atoms with E-state index in [0.29, 0.717) is 5.41 Å². The molecule has 0 saturated carbocycles. The molecule has 0 aliphatic heterocycles. The van der Waals surface area contributed by atoms with Crippen molar-refractivity contribution in [2.45, 2.75) is 40.2 Å². The maximum atomic E-state index is 2.30. The number of rotatable bonds is 4. The van der Waals surface area contributed by atoms with E-state index in [9.17, 15) is 0 Å². The summed E-state index contributed by atoms with van der Waals surface area (Å²) in [6.45, 7) is 7.92. The Morgan fingerprint density at radius 2 is 1.44 bits per heavy atom. The first-order chi connectivity index (χ1) is 7.37. The normalized spacial score (nSPS) is 12.1. The van der Waals surface area contributed by atoms with Gasteiger partial charge >= 0.3 is 0 Å². The molecule has 0 aliphatic rings. The van der Waals surface area contributed by atoms with Crippen LogP contribution in [0.2, 0.25) is 0 Å². The Hall–Kier alpha value is -0.820. The molecule has 1 nitrogen and oxygen atoms in total. The zero-order chi connectivity index (χ0) is 12.2. The van der Waals surface area contributed by atoms with Crippen LogP contribution < -0.4 is 0 Å². The van der Waals surface area contributed by atoms with Crippen molar-refractivity contribution < 1.29 is 0 Å². The van der Waals surface area contributed by atoms with Crippen LogP contribution in [0, 0.1) is 5.41 Å². The van der Waals surface area contributed by atoms with Crippen molar-refractivity contribution in [1.82, 2.24) is 4.90 Å². The monoisotopic (exact) mass is 219 g/mol. The molecule has 0 fully saturated rings. The van der Waals surface area contributed by atoms with Crippen molar-refractivity contribution in [2.24, 2.45) is 5.41 Å². The van der Waals surface area contributed by atoms with E-state index >= 15 is 0 Å². The highest BCUT2D eigenvalue weighted by Gasteiger charge is 2.09. The van der Waals surface area contributed by atoms with Crippen molar-refractivity contribution in [3.8, 4) is 0 Å². The SMILES string of the molecule is CN(C)Cc1ccc(CCC(C)(C)C)cc1. The maximum Gasteiger partial charge on any atom is 0.0227 e. The largest absolute Gasteiger partial charge is 0.305 e. The number of hydrogen-bond donors (Lipinski definition) is 0. The zero-order valence-corrected chi connectivity index (χ0v) is 11.4. The Morgan fingerprint density at radius 1 is 0.938 bits per heavy atom. The fourth-order valence-electron chi connectivity index (χ4n) is 1.70. The first-order valence-electron chi connectivity index (χ1n) is 6.09. The Balaban J connectivity index is 2.51. The number of nitrogens with zero attached hydrogens (tertiary/aromatic N) is 1. The van der Waals surface area contributed by atoms with E-state index in [1.807, 2.05) is 0 Å². The fourth-order valence-corrected chi connectivity index (χ4v) is 1.70. The highest BCUT2D eigenvalue weighted by atomic mass is 15.0. The van der Waals surface area contributed by atoms with E-state index in [0.717, 1.165) is 6.54 Å². The van der Waals surface area contributed by atoms with E-state index in [4.69, 9.17) is 0 Å². The number of hydrogen-bond acceptors (Lipinski definition) is 1. The van der Waals surface area contributed by atoms with Crippen molar-refractivity contribution in [1.29, 1.82) is 0 Å². The molecule has 0 aliphatic carbocycles. The molecule has 0 saturated heterocycles. The topological polar surface area (TPSA) is 3.24 Å². The van der Waals surface area contributed by atoms with Crippen molar-refractivity contribution in [3.05, 3.63) is 35.4 Å². The molecular formula is C15H25N. The summed E-state index contributed by atoms with van der Waals surface area (Å²) in [5.74, 6) is 0. The third-order valence-corrected chi connectivity index (χ3v) is 2.69. The van der Waals surface area contributed by atoms with Crippen molar-refractivity contribution >= 4 is 0 Å². The van der Waals surface area contributed by atoms with Crippen LogP contribution in [0.15, 0.2) is 24.3 Å². The highest BCUT2D eigenvalue weighted by Crippen LogP contribution is 2.21. The van der Waals surface area contributed by atoms with E-state index in [1.54, 1.807) is 0 Å². The second-order valence-corrected chi connectivity index (χ2v) is 6.11. The molecular weight excluding hydrogens is 194 g/mol. The summed E-state index contributed by atoms with van der Waals surface area (Å²) in [6, 6.07) is 9.03. The van der Waals surface area contributed by atoms with Gasteiger partial charge in [-0.1, -0.05) is 45.0 Å². The van der Waals surface area contributed by atoms with Gasteiger partial charge in [0.2, 0.25) is 0 Å². The summed E-state index contributed by atoms with van der Waals surface area (Å²) >= 11 is 0. The zero-order valence-electron chi connectivity index (χ0n) is 11.4. The van der Waals surface area contributed by atoms with Gasteiger partial charge in [0.15, 0.2) is 0 Å². The van der Waals surface area contributed by atoms with Gasteiger partial charge in [0, 0.05) is 6.54 Å². The second-order valence-electron chi connectivity index (χ2n) is 6.11. The molecule has 0 heterocycles. The molecule has 0 atom stereocenters. The third kappa shape index (κ3) is 5.32. The van der Waals surface area contributed by atoms with Crippen LogP contribution in [0.3, 0.4) is 0 Å². The molecule has 0 spiro atoms. The van der Waals surface area contributed by atoms with Crippen LogP contribution in [-0.2, 0) is 13.0 Å². The molecule has 1 heteroatoms. The van der Waals surface area contributed by atoms with E-state index in [1.165, 1.54) is 24.0 Å². The molecule has 1 aromatic rings. The van der Waals surface area contributed by atoms with Crippen LogP contribution in [0.5, 0.6) is 0 Å². The highest BCUT2D eigenvalue weighted by molar-refractivity contribution is 5.22. The molecule has 0 aromatic heterocycles. The van der Waals surface area contributed by atoms with Gasteiger partial charge < -0.3 is 4.90 Å². The van der Waals surface area contributed by atoms with E-state index in [2.05, 4.69) is 64.0 Å². The van der Waals surface area contributed by atoms with Crippen molar-refractivity contribution in [2.75, 3.05) is 14.1 Å². The average molecular weight is 219 g/mol. The minimum absolute atomic E-state index is 0.433. The van der Waals surface area contributed by atoms with Gasteiger partial charge in [-0.3, -0.25) is 0 Å². The molecule has 0 N–H and O–H groups in total. The summed E-state index contributed by atoms with van der Waals surface area (Å²) < 4.78 is 0. The number of benzene rings is 1. The van der Waals surface area contributed by atoms with Crippen LogP contribution in [0.4, 0.5) is 0 Å². The lowest BCUT2D eigenvalue weighted by atomic mass is 9.88. The van der Waals surface area contributed by atoms with Crippen molar-refractivity contribution in [3.63, 3.8) is 0 Å². The summed E-state index contributed by atoms with van der Waals surface area (Å²) in [7, 11) is 4.21. The molecule has 0 radical (unpaired) electrons. The van der Waals surface area contributed by atoms with Crippen LogP contribution in [-0.4, -0.2) is 19.0 Å². The minimum Gasteiger partial charge on any atom is -0.305 e. The molecule has 0 amide bonds. The Labute approximate surface area is 100 Å². The standard InChI is InChI=1S/C15H25N/c1-15(2,3)11-10-13-6-8-14(9-7-13)12-16(4)5/h6-9H,10-12H2,1-5H3. The van der Waals surface area contributed by atoms with Gasteiger partial charge in [-0.15, -0.1) is 0 Å². The molecule has 0 bridgehead atoms. The van der Waals surface area contributed by atoms with Gasteiger partial charge in [-0.25, -0.2) is 0 Å². The molecule has 16 heavy (non-hydrogen) atoms. The minimum atomic E-state index is 0.433. The molecule has 90 valence electrons. The summed E-state index contributed by atoms with van der Waals surface area (Å²) in [5, 5.41) is 0. The Kier molecular flexibility index (Phi) is 4.55. The lowest BCUT2D eigenvalue weighted by molar-refractivity contribution is 0.378. The maximum absolute atomic E-state index is 2.30. The Bertz CT molecular complexity index is 303. The molecule has 1 aromatic carbocycles.